The monoisotopic (exact) mass is 520 g/mol. The van der Waals surface area contributed by atoms with Crippen LogP contribution >= 0.6 is 0 Å². The van der Waals surface area contributed by atoms with Gasteiger partial charge in [-0.15, -0.1) is 0 Å². The Balaban J connectivity index is 3.32. The molecule has 37 heavy (non-hydrogen) atoms. The zero-order valence-electron chi connectivity index (χ0n) is 23.0. The van der Waals surface area contributed by atoms with Gasteiger partial charge in [0.2, 0.25) is 23.6 Å². The number of amides is 4. The number of hydrogen-bond donors (Lipinski definition) is 3. The van der Waals surface area contributed by atoms with Crippen LogP contribution in [0.25, 0.3) is 0 Å². The van der Waals surface area contributed by atoms with Crippen LogP contribution in [-0.2, 0) is 28.7 Å². The lowest BCUT2D eigenvalue weighted by Crippen LogP contribution is -2.49. The van der Waals surface area contributed by atoms with Crippen molar-refractivity contribution >= 4 is 29.6 Å². The number of likely N-dealkylation sites (N-methyl/N-ethyl adjacent to an activating group) is 1. The molecule has 0 aromatic carbocycles. The van der Waals surface area contributed by atoms with Crippen LogP contribution < -0.4 is 16.4 Å². The number of nitrogens with two attached hydrogens (primary N) is 1. The first-order valence-electron chi connectivity index (χ1n) is 13.0. The summed E-state index contributed by atoms with van der Waals surface area (Å²) in [6.07, 6.45) is 4.31. The molecule has 0 aromatic heterocycles. The van der Waals surface area contributed by atoms with Crippen molar-refractivity contribution in [1.29, 1.82) is 0 Å². The summed E-state index contributed by atoms with van der Waals surface area (Å²) in [5, 5.41) is 5.22. The minimum absolute atomic E-state index is 0.0691. The van der Waals surface area contributed by atoms with Crippen molar-refractivity contribution in [2.24, 2.45) is 29.4 Å². The summed E-state index contributed by atoms with van der Waals surface area (Å²) in [7, 11) is 1.42. The maximum absolute atomic E-state index is 13.3. The maximum atomic E-state index is 13.3. The molecule has 0 bridgehead atoms. The summed E-state index contributed by atoms with van der Waals surface area (Å²) >= 11 is 0. The highest BCUT2D eigenvalue weighted by Gasteiger charge is 2.35. The normalized spacial score (nSPS) is 25.6. The Labute approximate surface area is 220 Å². The molecule has 0 fully saturated rings. The van der Waals surface area contributed by atoms with Gasteiger partial charge in [-0.1, -0.05) is 47.6 Å². The summed E-state index contributed by atoms with van der Waals surface area (Å²) in [6, 6.07) is -1.17. The Morgan fingerprint density at radius 1 is 1.16 bits per heavy atom. The number of rotatable bonds is 9. The van der Waals surface area contributed by atoms with E-state index in [0.29, 0.717) is 11.8 Å². The molecule has 6 atom stereocenters. The lowest BCUT2D eigenvalue weighted by atomic mass is 9.83. The van der Waals surface area contributed by atoms with Gasteiger partial charge in [-0.05, 0) is 43.1 Å². The molecule has 0 aliphatic carbocycles. The molecule has 0 saturated carbocycles. The second-order valence-electron chi connectivity index (χ2n) is 10.4. The van der Waals surface area contributed by atoms with Crippen LogP contribution in [0.15, 0.2) is 24.4 Å². The molecule has 10 nitrogen and oxygen atoms in total. The van der Waals surface area contributed by atoms with Crippen LogP contribution in [0.4, 0.5) is 0 Å². The molecule has 4 amide bonds. The largest absolute Gasteiger partial charge is 0.460 e. The Kier molecular flexibility index (Phi) is 13.1. The molecule has 0 spiro atoms. The number of hydrogen-bond acceptors (Lipinski definition) is 6. The van der Waals surface area contributed by atoms with E-state index in [0.717, 1.165) is 24.2 Å². The third kappa shape index (κ3) is 11.2. The van der Waals surface area contributed by atoms with Gasteiger partial charge in [-0.25, -0.2) is 4.79 Å². The molecule has 4 N–H and O–H groups in total. The second-order valence-corrected chi connectivity index (χ2v) is 10.4. The molecule has 1 rings (SSSR count). The van der Waals surface area contributed by atoms with E-state index in [1.54, 1.807) is 6.92 Å². The standard InChI is InChI=1S/C27H44N4O6/c1-8-16(2)13-17(3)14-18(4)25-20(6)26(35)29-19(5)9-12-24(34)31(7)15-23(33)30-21(27(36)37-25)10-11-22(28)32/h9,12,16-18,20-21,25H,5,8,10-11,13-15H2,1-4,6-7H3,(H2,28,32)(H,29,35)(H,30,33)/b12-9+. The fourth-order valence-corrected chi connectivity index (χ4v) is 4.48. The molecular weight excluding hydrogens is 476 g/mol. The van der Waals surface area contributed by atoms with Gasteiger partial charge in [0.15, 0.2) is 0 Å². The van der Waals surface area contributed by atoms with Gasteiger partial charge in [0.1, 0.15) is 12.1 Å². The molecule has 208 valence electrons. The van der Waals surface area contributed by atoms with Crippen molar-refractivity contribution in [3.8, 4) is 0 Å². The summed E-state index contributed by atoms with van der Waals surface area (Å²) in [5.74, 6) is -2.96. The van der Waals surface area contributed by atoms with Crippen molar-refractivity contribution < 1.29 is 28.7 Å². The highest BCUT2D eigenvalue weighted by atomic mass is 16.5. The van der Waals surface area contributed by atoms with Crippen molar-refractivity contribution in [1.82, 2.24) is 15.5 Å². The molecular formula is C27H44N4O6. The van der Waals surface area contributed by atoms with E-state index in [4.69, 9.17) is 10.5 Å². The number of ether oxygens (including phenoxy) is 1. The zero-order valence-corrected chi connectivity index (χ0v) is 23.0. The predicted molar refractivity (Wildman–Crippen MR) is 140 cm³/mol. The Bertz CT molecular complexity index is 886. The summed E-state index contributed by atoms with van der Waals surface area (Å²) in [6.45, 7) is 13.5. The van der Waals surface area contributed by atoms with Crippen LogP contribution in [-0.4, -0.2) is 60.2 Å². The van der Waals surface area contributed by atoms with Crippen LogP contribution in [0.3, 0.4) is 0 Å². The molecule has 6 unspecified atom stereocenters. The van der Waals surface area contributed by atoms with E-state index < -0.39 is 47.7 Å². The van der Waals surface area contributed by atoms with Gasteiger partial charge in [-0.3, -0.25) is 19.2 Å². The number of nitrogens with zero attached hydrogens (tertiary/aromatic N) is 1. The lowest BCUT2D eigenvalue weighted by molar-refractivity contribution is -0.161. The number of allylic oxidation sites excluding steroid dienone is 1. The Morgan fingerprint density at radius 2 is 1.81 bits per heavy atom. The average molecular weight is 521 g/mol. The number of carbonyl (C=O) groups is 5. The number of primary amides is 1. The van der Waals surface area contributed by atoms with Gasteiger partial charge in [0.25, 0.3) is 0 Å². The lowest BCUT2D eigenvalue weighted by Gasteiger charge is -2.32. The van der Waals surface area contributed by atoms with E-state index in [1.807, 2.05) is 6.92 Å². The first-order chi connectivity index (χ1) is 17.2. The minimum atomic E-state index is -1.17. The van der Waals surface area contributed by atoms with E-state index in [1.165, 1.54) is 19.2 Å². The highest BCUT2D eigenvalue weighted by molar-refractivity contribution is 5.93. The van der Waals surface area contributed by atoms with E-state index in [2.05, 4.69) is 38.0 Å². The Hall–Kier alpha value is -3.17. The fraction of sp³-hybridized carbons (Fsp3) is 0.667. The van der Waals surface area contributed by atoms with Crippen molar-refractivity contribution in [2.45, 2.75) is 78.9 Å². The predicted octanol–water partition coefficient (Wildman–Crippen LogP) is 2.04. The maximum Gasteiger partial charge on any atom is 0.328 e. The average Bonchev–Trinajstić information content (AvgIpc) is 2.81. The number of nitrogens with one attached hydrogen (secondary N) is 2. The quantitative estimate of drug-likeness (QED) is 0.396. The summed E-state index contributed by atoms with van der Waals surface area (Å²) < 4.78 is 5.88. The van der Waals surface area contributed by atoms with Gasteiger partial charge < -0.3 is 26.0 Å². The van der Waals surface area contributed by atoms with Crippen molar-refractivity contribution in [2.75, 3.05) is 13.6 Å². The third-order valence-electron chi connectivity index (χ3n) is 6.76. The zero-order chi connectivity index (χ0) is 28.3. The highest BCUT2D eigenvalue weighted by Crippen LogP contribution is 2.28. The number of carbonyl (C=O) groups excluding carboxylic acids is 5. The fourth-order valence-electron chi connectivity index (χ4n) is 4.48. The summed E-state index contributed by atoms with van der Waals surface area (Å²) in [4.78, 5) is 63.8. The molecule has 1 heterocycles. The smallest absolute Gasteiger partial charge is 0.328 e. The van der Waals surface area contributed by atoms with E-state index in [-0.39, 0.29) is 31.0 Å². The molecule has 10 heteroatoms. The van der Waals surface area contributed by atoms with Crippen LogP contribution in [0, 0.1) is 23.7 Å². The van der Waals surface area contributed by atoms with E-state index in [9.17, 15) is 24.0 Å². The SMILES string of the molecule is C=C1/C=C/C(=O)N(C)CC(=O)NC(CCC(N)=O)C(=O)OC(C(C)CC(C)CC(C)CC)C(C)C(=O)N1. The summed E-state index contributed by atoms with van der Waals surface area (Å²) in [5.41, 5.74) is 5.46. The molecule has 0 saturated heterocycles. The van der Waals surface area contributed by atoms with Crippen molar-refractivity contribution in [3.63, 3.8) is 0 Å². The van der Waals surface area contributed by atoms with Crippen LogP contribution in [0.5, 0.6) is 0 Å². The first kappa shape index (κ1) is 31.9. The Morgan fingerprint density at radius 3 is 2.41 bits per heavy atom. The number of esters is 1. The van der Waals surface area contributed by atoms with Crippen molar-refractivity contribution in [3.05, 3.63) is 24.4 Å². The first-order valence-corrected chi connectivity index (χ1v) is 13.0. The third-order valence-corrected chi connectivity index (χ3v) is 6.76. The molecule has 0 radical (unpaired) electrons. The second kappa shape index (κ2) is 15.2. The van der Waals surface area contributed by atoms with Crippen LogP contribution in [0.2, 0.25) is 0 Å². The molecule has 0 aromatic rings. The topological polar surface area (TPSA) is 148 Å². The van der Waals surface area contributed by atoms with Gasteiger partial charge in [0, 0.05) is 25.2 Å². The number of cyclic esters (lactones) is 1. The van der Waals surface area contributed by atoms with Gasteiger partial charge in [-0.2, -0.15) is 0 Å². The molecule has 1 aliphatic rings. The van der Waals surface area contributed by atoms with E-state index >= 15 is 0 Å². The van der Waals surface area contributed by atoms with Gasteiger partial charge >= 0.3 is 5.97 Å². The molecule has 1 aliphatic heterocycles. The van der Waals surface area contributed by atoms with Gasteiger partial charge in [0.05, 0.1) is 12.5 Å². The van der Waals surface area contributed by atoms with Crippen LogP contribution in [0.1, 0.15) is 66.7 Å². The minimum Gasteiger partial charge on any atom is -0.460 e.